The Labute approximate surface area is 160 Å². The highest BCUT2D eigenvalue weighted by molar-refractivity contribution is 7.15. The minimum absolute atomic E-state index is 0.204. The molecule has 0 saturated carbocycles. The molecule has 1 amide bonds. The first-order chi connectivity index (χ1) is 13.2. The number of aromatic nitrogens is 3. The molecule has 0 spiro atoms. The number of hydrogen-bond donors (Lipinski definition) is 1. The van der Waals surface area contributed by atoms with Crippen molar-refractivity contribution < 1.29 is 9.53 Å². The Morgan fingerprint density at radius 2 is 2.00 bits per heavy atom. The smallest absolute Gasteiger partial charge is 0.257 e. The number of hydrogen-bond acceptors (Lipinski definition) is 5. The molecule has 0 fully saturated rings. The van der Waals surface area contributed by atoms with E-state index in [1.54, 1.807) is 7.11 Å². The van der Waals surface area contributed by atoms with Gasteiger partial charge in [0.25, 0.3) is 5.91 Å². The molecule has 0 aliphatic rings. The fourth-order valence-electron chi connectivity index (χ4n) is 2.90. The molecule has 7 heteroatoms. The van der Waals surface area contributed by atoms with Crippen LogP contribution < -0.4 is 5.32 Å². The van der Waals surface area contributed by atoms with Crippen LogP contribution in [-0.2, 0) is 17.9 Å². The number of carbonyl (C=O) groups is 1. The molecule has 6 nitrogen and oxygen atoms in total. The second-order valence-electron chi connectivity index (χ2n) is 6.09. The Morgan fingerprint density at radius 3 is 2.81 bits per heavy atom. The number of anilines is 1. The number of methoxy groups -OCH3 is 1. The second kappa shape index (κ2) is 7.69. The van der Waals surface area contributed by atoms with Crippen molar-refractivity contribution in [1.82, 2.24) is 14.8 Å². The summed E-state index contributed by atoms with van der Waals surface area (Å²) in [6, 6.07) is 18.0. The average Bonchev–Trinajstić information content (AvgIpc) is 3.29. The van der Waals surface area contributed by atoms with Gasteiger partial charge in [0.15, 0.2) is 0 Å². The number of ether oxygens (including phenoxy) is 1. The molecule has 2 aromatic heterocycles. The van der Waals surface area contributed by atoms with Crippen molar-refractivity contribution in [3.63, 3.8) is 0 Å². The molecule has 0 radical (unpaired) electrons. The first-order valence-electron chi connectivity index (χ1n) is 8.48. The van der Waals surface area contributed by atoms with E-state index in [1.165, 1.54) is 16.9 Å². The molecule has 0 aliphatic carbocycles. The SMILES string of the molecule is COCc1nnc(NC(=O)c2ccc3ccn(Cc4ccccc4)c3c2)s1. The standard InChI is InChI=1S/C20H18N4O2S/c1-26-13-18-22-23-20(27-18)21-19(25)16-8-7-15-9-10-24(17(15)11-16)12-14-5-3-2-4-6-14/h2-11H,12-13H2,1H3,(H,21,23,25). The van der Waals surface area contributed by atoms with Gasteiger partial charge in [-0.15, -0.1) is 10.2 Å². The Kier molecular flexibility index (Phi) is 4.95. The number of carbonyl (C=O) groups excluding carboxylic acids is 1. The van der Waals surface area contributed by atoms with Gasteiger partial charge in [-0.2, -0.15) is 0 Å². The zero-order valence-corrected chi connectivity index (χ0v) is 15.6. The third kappa shape index (κ3) is 3.89. The van der Waals surface area contributed by atoms with Crippen LogP contribution in [0.25, 0.3) is 10.9 Å². The summed E-state index contributed by atoms with van der Waals surface area (Å²) >= 11 is 1.31. The van der Waals surface area contributed by atoms with Gasteiger partial charge in [-0.3, -0.25) is 10.1 Å². The molecule has 4 rings (SSSR count). The van der Waals surface area contributed by atoms with Crippen LogP contribution in [0, 0.1) is 0 Å². The lowest BCUT2D eigenvalue weighted by molar-refractivity contribution is 0.102. The van der Waals surface area contributed by atoms with Gasteiger partial charge in [0, 0.05) is 30.9 Å². The molecule has 1 N–H and O–H groups in total. The Morgan fingerprint density at radius 1 is 1.15 bits per heavy atom. The molecule has 2 heterocycles. The second-order valence-corrected chi connectivity index (χ2v) is 7.15. The summed E-state index contributed by atoms with van der Waals surface area (Å²) in [7, 11) is 1.60. The third-order valence-corrected chi connectivity index (χ3v) is 5.00. The molecule has 0 atom stereocenters. The molecule has 0 saturated heterocycles. The first kappa shape index (κ1) is 17.4. The molecule has 136 valence electrons. The summed E-state index contributed by atoms with van der Waals surface area (Å²) in [5.41, 5.74) is 2.81. The lowest BCUT2D eigenvalue weighted by Gasteiger charge is -2.07. The van der Waals surface area contributed by atoms with Gasteiger partial charge < -0.3 is 9.30 Å². The van der Waals surface area contributed by atoms with E-state index < -0.39 is 0 Å². The Bertz CT molecular complexity index is 1070. The van der Waals surface area contributed by atoms with Crippen LogP contribution in [-0.4, -0.2) is 27.8 Å². The number of amides is 1. The van der Waals surface area contributed by atoms with Gasteiger partial charge >= 0.3 is 0 Å². The van der Waals surface area contributed by atoms with Crippen molar-refractivity contribution in [1.29, 1.82) is 0 Å². The number of nitrogens with zero attached hydrogens (tertiary/aromatic N) is 3. The van der Waals surface area contributed by atoms with Crippen molar-refractivity contribution in [3.8, 4) is 0 Å². The van der Waals surface area contributed by atoms with Crippen LogP contribution in [0.5, 0.6) is 0 Å². The van der Waals surface area contributed by atoms with E-state index >= 15 is 0 Å². The van der Waals surface area contributed by atoms with Crippen molar-refractivity contribution in [2.24, 2.45) is 0 Å². The summed E-state index contributed by atoms with van der Waals surface area (Å²) in [4.78, 5) is 12.6. The van der Waals surface area contributed by atoms with Crippen molar-refractivity contribution >= 4 is 33.3 Å². The van der Waals surface area contributed by atoms with Gasteiger partial charge in [0.2, 0.25) is 5.13 Å². The van der Waals surface area contributed by atoms with Crippen LogP contribution >= 0.6 is 11.3 Å². The van der Waals surface area contributed by atoms with Crippen LogP contribution in [0.15, 0.2) is 60.8 Å². The van der Waals surface area contributed by atoms with Crippen molar-refractivity contribution in [3.05, 3.63) is 76.9 Å². The highest BCUT2D eigenvalue weighted by Gasteiger charge is 2.12. The molecular weight excluding hydrogens is 360 g/mol. The number of nitrogens with one attached hydrogen (secondary N) is 1. The fraction of sp³-hybridized carbons (Fsp3) is 0.150. The summed E-state index contributed by atoms with van der Waals surface area (Å²) in [6.07, 6.45) is 2.04. The fourth-order valence-corrected chi connectivity index (χ4v) is 3.61. The van der Waals surface area contributed by atoms with Crippen LogP contribution in [0.3, 0.4) is 0 Å². The monoisotopic (exact) mass is 378 g/mol. The largest absolute Gasteiger partial charge is 0.377 e. The summed E-state index contributed by atoms with van der Waals surface area (Å²) in [6.45, 7) is 1.14. The van der Waals surface area contributed by atoms with Gasteiger partial charge in [-0.05, 0) is 29.1 Å². The quantitative estimate of drug-likeness (QED) is 0.552. The van der Waals surface area contributed by atoms with E-state index in [0.717, 1.165) is 22.5 Å². The maximum Gasteiger partial charge on any atom is 0.257 e. The van der Waals surface area contributed by atoms with Crippen LogP contribution in [0.4, 0.5) is 5.13 Å². The topological polar surface area (TPSA) is 69.0 Å². The lowest BCUT2D eigenvalue weighted by atomic mass is 10.1. The zero-order valence-electron chi connectivity index (χ0n) is 14.8. The lowest BCUT2D eigenvalue weighted by Crippen LogP contribution is -2.11. The molecule has 0 bridgehead atoms. The molecule has 2 aromatic carbocycles. The van der Waals surface area contributed by atoms with E-state index in [9.17, 15) is 4.79 Å². The van der Waals surface area contributed by atoms with Gasteiger partial charge in [-0.1, -0.05) is 47.7 Å². The first-order valence-corrected chi connectivity index (χ1v) is 9.30. The van der Waals surface area contributed by atoms with Gasteiger partial charge in [0.1, 0.15) is 11.6 Å². The minimum atomic E-state index is -0.204. The maximum atomic E-state index is 12.6. The van der Waals surface area contributed by atoms with Gasteiger partial charge in [-0.25, -0.2) is 0 Å². The van der Waals surface area contributed by atoms with E-state index in [0.29, 0.717) is 17.3 Å². The van der Waals surface area contributed by atoms with Crippen LogP contribution in [0.2, 0.25) is 0 Å². The average molecular weight is 378 g/mol. The predicted octanol–water partition coefficient (Wildman–Crippen LogP) is 3.94. The van der Waals surface area contributed by atoms with E-state index in [4.69, 9.17) is 4.74 Å². The normalized spacial score (nSPS) is 11.0. The third-order valence-electron chi connectivity index (χ3n) is 4.19. The summed E-state index contributed by atoms with van der Waals surface area (Å²) < 4.78 is 7.17. The van der Waals surface area contributed by atoms with Crippen LogP contribution in [0.1, 0.15) is 20.9 Å². The number of benzene rings is 2. The highest BCUT2D eigenvalue weighted by atomic mass is 32.1. The zero-order chi connectivity index (χ0) is 18.6. The van der Waals surface area contributed by atoms with Crippen molar-refractivity contribution in [2.45, 2.75) is 13.2 Å². The van der Waals surface area contributed by atoms with Crippen molar-refractivity contribution in [2.75, 3.05) is 12.4 Å². The Hall–Kier alpha value is -3.03. The Balaban J connectivity index is 1.56. The molecule has 0 aliphatic heterocycles. The molecule has 0 unspecified atom stereocenters. The molecule has 4 aromatic rings. The number of rotatable bonds is 6. The summed E-state index contributed by atoms with van der Waals surface area (Å²) in [5, 5.41) is 13.0. The van der Waals surface area contributed by atoms with Gasteiger partial charge in [0.05, 0.1) is 0 Å². The maximum absolute atomic E-state index is 12.6. The van der Waals surface area contributed by atoms with E-state index in [1.807, 2.05) is 42.6 Å². The van der Waals surface area contributed by atoms with E-state index in [2.05, 4.69) is 38.3 Å². The number of fused-ring (bicyclic) bond motifs is 1. The molecular formula is C20H18N4O2S. The van der Waals surface area contributed by atoms with E-state index in [-0.39, 0.29) is 5.91 Å². The summed E-state index contributed by atoms with van der Waals surface area (Å²) in [5.74, 6) is -0.204. The minimum Gasteiger partial charge on any atom is -0.377 e. The predicted molar refractivity (Wildman–Crippen MR) is 106 cm³/mol. The molecule has 27 heavy (non-hydrogen) atoms. The highest BCUT2D eigenvalue weighted by Crippen LogP contribution is 2.21.